The van der Waals surface area contributed by atoms with Crippen LogP contribution >= 0.6 is 15.9 Å². The molecule has 0 amide bonds. The Kier molecular flexibility index (Phi) is 3.06. The molecule has 60 valence electrons. The van der Waals surface area contributed by atoms with Crippen LogP contribution in [0.1, 0.15) is 31.2 Å². The molecule has 0 atom stereocenters. The summed E-state index contributed by atoms with van der Waals surface area (Å²) in [5, 5.41) is 0.841. The predicted octanol–water partition coefficient (Wildman–Crippen LogP) is 3.10. The molecule has 1 nitrogen and oxygen atoms in total. The summed E-state index contributed by atoms with van der Waals surface area (Å²) < 4.78 is 0. The summed E-state index contributed by atoms with van der Waals surface area (Å²) in [5.74, 6) is 0.522. The zero-order valence-corrected chi connectivity index (χ0v) is 8.43. The van der Waals surface area contributed by atoms with Crippen LogP contribution in [0.4, 0.5) is 0 Å². The van der Waals surface area contributed by atoms with E-state index < -0.39 is 0 Å². The van der Waals surface area contributed by atoms with Crippen molar-refractivity contribution in [3.63, 3.8) is 0 Å². The van der Waals surface area contributed by atoms with Crippen LogP contribution in [0, 0.1) is 0 Å². The first-order valence-electron chi connectivity index (χ1n) is 3.76. The molecular formula is C9H12BrN. The maximum atomic E-state index is 4.44. The highest BCUT2D eigenvalue weighted by Crippen LogP contribution is 2.12. The second kappa shape index (κ2) is 3.86. The van der Waals surface area contributed by atoms with Crippen LogP contribution in [0.15, 0.2) is 18.2 Å². The molecule has 0 aliphatic carbocycles. The van der Waals surface area contributed by atoms with Crippen molar-refractivity contribution in [2.24, 2.45) is 0 Å². The summed E-state index contributed by atoms with van der Waals surface area (Å²) in [5.41, 5.74) is 2.28. The lowest BCUT2D eigenvalue weighted by Gasteiger charge is -2.04. The first-order valence-corrected chi connectivity index (χ1v) is 4.88. The minimum Gasteiger partial charge on any atom is -0.257 e. The van der Waals surface area contributed by atoms with Gasteiger partial charge in [0.2, 0.25) is 0 Å². The van der Waals surface area contributed by atoms with Gasteiger partial charge in [-0.05, 0) is 18.1 Å². The van der Waals surface area contributed by atoms with Gasteiger partial charge in [-0.1, -0.05) is 35.8 Å². The molecule has 1 rings (SSSR count). The highest BCUT2D eigenvalue weighted by molar-refractivity contribution is 9.08. The Hall–Kier alpha value is -0.370. The summed E-state index contributed by atoms with van der Waals surface area (Å²) in [6.45, 7) is 4.31. The molecule has 11 heavy (non-hydrogen) atoms. The maximum absolute atomic E-state index is 4.44. The molecule has 0 N–H and O–H groups in total. The molecule has 2 heteroatoms. The molecule has 0 bridgehead atoms. The summed E-state index contributed by atoms with van der Waals surface area (Å²) in [6.07, 6.45) is 0. The number of hydrogen-bond acceptors (Lipinski definition) is 1. The number of rotatable bonds is 2. The molecule has 0 fully saturated rings. The lowest BCUT2D eigenvalue weighted by atomic mass is 10.1. The number of halogens is 1. The first-order chi connectivity index (χ1) is 5.24. The Balaban J connectivity index is 2.91. The third-order valence-corrected chi connectivity index (χ3v) is 2.13. The van der Waals surface area contributed by atoms with E-state index in [-0.39, 0.29) is 0 Å². The summed E-state index contributed by atoms with van der Waals surface area (Å²) in [7, 11) is 0. The number of alkyl halides is 1. The minimum atomic E-state index is 0.522. The minimum absolute atomic E-state index is 0.522. The third-order valence-electron chi connectivity index (χ3n) is 1.56. The van der Waals surface area contributed by atoms with Gasteiger partial charge in [0.1, 0.15) is 0 Å². The van der Waals surface area contributed by atoms with Gasteiger partial charge in [-0.15, -0.1) is 0 Å². The van der Waals surface area contributed by atoms with Gasteiger partial charge in [0.05, 0.1) is 5.69 Å². The lowest BCUT2D eigenvalue weighted by Crippen LogP contribution is -1.94. The van der Waals surface area contributed by atoms with Gasteiger partial charge in [-0.2, -0.15) is 0 Å². The van der Waals surface area contributed by atoms with Gasteiger partial charge in [-0.25, -0.2) is 0 Å². The number of pyridine rings is 1. The van der Waals surface area contributed by atoms with Crippen molar-refractivity contribution in [2.45, 2.75) is 25.1 Å². The van der Waals surface area contributed by atoms with Crippen molar-refractivity contribution in [3.05, 3.63) is 29.6 Å². The Morgan fingerprint density at radius 2 is 2.18 bits per heavy atom. The van der Waals surface area contributed by atoms with Gasteiger partial charge in [-0.3, -0.25) is 4.98 Å². The highest BCUT2D eigenvalue weighted by atomic mass is 79.9. The van der Waals surface area contributed by atoms with E-state index in [1.54, 1.807) is 0 Å². The smallest absolute Gasteiger partial charge is 0.0512 e. The molecule has 0 aliphatic heterocycles. The zero-order chi connectivity index (χ0) is 8.27. The molecular weight excluding hydrogens is 202 g/mol. The van der Waals surface area contributed by atoms with Crippen LogP contribution in [0.25, 0.3) is 0 Å². The Bertz CT molecular complexity index is 233. The highest BCUT2D eigenvalue weighted by Gasteiger charge is 1.99. The molecule has 0 aliphatic rings. The number of aromatic nitrogens is 1. The predicted molar refractivity (Wildman–Crippen MR) is 51.0 cm³/mol. The normalized spacial score (nSPS) is 10.5. The van der Waals surface area contributed by atoms with E-state index in [0.717, 1.165) is 11.0 Å². The number of hydrogen-bond donors (Lipinski definition) is 0. The van der Waals surface area contributed by atoms with Crippen molar-refractivity contribution in [3.8, 4) is 0 Å². The fraction of sp³-hybridized carbons (Fsp3) is 0.444. The fourth-order valence-electron chi connectivity index (χ4n) is 0.894. The van der Waals surface area contributed by atoms with E-state index >= 15 is 0 Å². The molecule has 0 saturated carbocycles. The first kappa shape index (κ1) is 8.72. The molecule has 0 unspecified atom stereocenters. The van der Waals surface area contributed by atoms with E-state index in [1.165, 1.54) is 5.69 Å². The average Bonchev–Trinajstić information content (AvgIpc) is 2.05. The molecule has 0 aromatic carbocycles. The van der Waals surface area contributed by atoms with Crippen LogP contribution in [0.3, 0.4) is 0 Å². The summed E-state index contributed by atoms with van der Waals surface area (Å²) in [4.78, 5) is 4.44. The van der Waals surface area contributed by atoms with E-state index in [4.69, 9.17) is 0 Å². The Labute approximate surface area is 76.0 Å². The average molecular weight is 214 g/mol. The van der Waals surface area contributed by atoms with E-state index in [2.05, 4.69) is 46.9 Å². The zero-order valence-electron chi connectivity index (χ0n) is 6.84. The topological polar surface area (TPSA) is 12.9 Å². The molecule has 1 aromatic rings. The monoisotopic (exact) mass is 213 g/mol. The molecule has 0 saturated heterocycles. The van der Waals surface area contributed by atoms with Crippen LogP contribution in [-0.2, 0) is 5.33 Å². The van der Waals surface area contributed by atoms with E-state index in [9.17, 15) is 0 Å². The van der Waals surface area contributed by atoms with Crippen molar-refractivity contribution in [1.82, 2.24) is 4.98 Å². The van der Waals surface area contributed by atoms with Crippen LogP contribution in [0.5, 0.6) is 0 Å². The molecule has 1 aromatic heterocycles. The van der Waals surface area contributed by atoms with Crippen molar-refractivity contribution in [2.75, 3.05) is 0 Å². The van der Waals surface area contributed by atoms with Gasteiger partial charge in [0.15, 0.2) is 0 Å². The van der Waals surface area contributed by atoms with E-state index in [1.807, 2.05) is 6.07 Å². The Morgan fingerprint density at radius 3 is 2.73 bits per heavy atom. The van der Waals surface area contributed by atoms with Crippen molar-refractivity contribution in [1.29, 1.82) is 0 Å². The SMILES string of the molecule is CC(C)c1cccc(CBr)n1. The Morgan fingerprint density at radius 1 is 1.45 bits per heavy atom. The van der Waals surface area contributed by atoms with E-state index in [0.29, 0.717) is 5.92 Å². The summed E-state index contributed by atoms with van der Waals surface area (Å²) in [6, 6.07) is 6.15. The lowest BCUT2D eigenvalue weighted by molar-refractivity contribution is 0.814. The maximum Gasteiger partial charge on any atom is 0.0512 e. The van der Waals surface area contributed by atoms with Gasteiger partial charge in [0, 0.05) is 11.0 Å². The largest absolute Gasteiger partial charge is 0.257 e. The molecule has 1 heterocycles. The van der Waals surface area contributed by atoms with Gasteiger partial charge < -0.3 is 0 Å². The number of nitrogens with zero attached hydrogens (tertiary/aromatic N) is 1. The third kappa shape index (κ3) is 2.29. The van der Waals surface area contributed by atoms with Crippen molar-refractivity contribution >= 4 is 15.9 Å². The molecule has 0 spiro atoms. The van der Waals surface area contributed by atoms with Crippen LogP contribution < -0.4 is 0 Å². The second-order valence-electron chi connectivity index (χ2n) is 2.84. The summed E-state index contributed by atoms with van der Waals surface area (Å²) >= 11 is 3.38. The van der Waals surface area contributed by atoms with Gasteiger partial charge >= 0.3 is 0 Å². The standard InChI is InChI=1S/C9H12BrN/c1-7(2)9-5-3-4-8(6-10)11-9/h3-5,7H,6H2,1-2H3. The van der Waals surface area contributed by atoms with Crippen LogP contribution in [-0.4, -0.2) is 4.98 Å². The van der Waals surface area contributed by atoms with Crippen LogP contribution in [0.2, 0.25) is 0 Å². The second-order valence-corrected chi connectivity index (χ2v) is 3.40. The van der Waals surface area contributed by atoms with Crippen molar-refractivity contribution < 1.29 is 0 Å². The van der Waals surface area contributed by atoms with Gasteiger partial charge in [0.25, 0.3) is 0 Å². The fourth-order valence-corrected chi connectivity index (χ4v) is 1.21. The quantitative estimate of drug-likeness (QED) is 0.689. The molecule has 0 radical (unpaired) electrons.